The molecule has 2 aromatic heterocycles. The van der Waals surface area contributed by atoms with E-state index < -0.39 is 21.3 Å². The molecule has 0 saturated carbocycles. The number of carbonyl (C=O) groups is 1. The molecule has 0 unspecified atom stereocenters. The van der Waals surface area contributed by atoms with E-state index in [1.165, 1.54) is 22.9 Å². The van der Waals surface area contributed by atoms with Crippen molar-refractivity contribution in [1.82, 2.24) is 14.8 Å². The molecule has 35 heavy (non-hydrogen) atoms. The largest absolute Gasteiger partial charge is 0.364 e. The van der Waals surface area contributed by atoms with E-state index in [-0.39, 0.29) is 16.4 Å². The summed E-state index contributed by atoms with van der Waals surface area (Å²) in [5.41, 5.74) is 12.5. The Morgan fingerprint density at radius 1 is 1.14 bits per heavy atom. The lowest BCUT2D eigenvalue weighted by Crippen LogP contribution is -2.17. The third-order valence-electron chi connectivity index (χ3n) is 5.50. The standard InChI is InChI=1S/C26H23N5O3S/c1-4-5-15-26(2,3)18-11-13-19(14-12-18)35(33,34)30-24-17-22(25(27)32)29-31(24)23-10-6-9-21-20(23)8-7-16-28-21/h6-17,30H,1H2,2-3H3,(H2,27,32). The third-order valence-corrected chi connectivity index (χ3v) is 6.87. The van der Waals surface area contributed by atoms with E-state index in [0.717, 1.165) is 10.9 Å². The normalized spacial score (nSPS) is 11.5. The summed E-state index contributed by atoms with van der Waals surface area (Å²) in [5, 5.41) is 4.97. The van der Waals surface area contributed by atoms with Crippen molar-refractivity contribution in [1.29, 1.82) is 0 Å². The van der Waals surface area contributed by atoms with Gasteiger partial charge in [-0.3, -0.25) is 14.5 Å². The van der Waals surface area contributed by atoms with Crippen LogP contribution < -0.4 is 10.5 Å². The summed E-state index contributed by atoms with van der Waals surface area (Å²) in [6, 6.07) is 16.7. The van der Waals surface area contributed by atoms with Gasteiger partial charge in [0, 0.05) is 23.1 Å². The van der Waals surface area contributed by atoms with Crippen LogP contribution in [-0.4, -0.2) is 29.1 Å². The SMILES string of the molecule is C=C=C=CC(C)(C)c1ccc(S(=O)(=O)Nc2cc(C(N)=O)nn2-c2cccc3ncccc23)cc1. The number of primary amides is 1. The van der Waals surface area contributed by atoms with Crippen LogP contribution in [-0.2, 0) is 15.4 Å². The Hall–Kier alpha value is -4.42. The molecule has 176 valence electrons. The molecule has 2 aromatic carbocycles. The number of rotatable bonds is 7. The van der Waals surface area contributed by atoms with Crippen molar-refractivity contribution in [3.05, 3.63) is 102 Å². The van der Waals surface area contributed by atoms with Crippen LogP contribution in [0.2, 0.25) is 0 Å². The van der Waals surface area contributed by atoms with Gasteiger partial charge in [-0.1, -0.05) is 43.5 Å². The zero-order chi connectivity index (χ0) is 25.2. The van der Waals surface area contributed by atoms with Crippen LogP contribution in [0.4, 0.5) is 5.82 Å². The highest BCUT2D eigenvalue weighted by molar-refractivity contribution is 7.92. The fraction of sp³-hybridized carbons (Fsp3) is 0.115. The molecule has 2 heterocycles. The lowest BCUT2D eigenvalue weighted by atomic mass is 9.85. The Balaban J connectivity index is 1.75. The lowest BCUT2D eigenvalue weighted by molar-refractivity contribution is 0.0995. The Kier molecular flexibility index (Phi) is 6.16. The predicted molar refractivity (Wildman–Crippen MR) is 135 cm³/mol. The monoisotopic (exact) mass is 485 g/mol. The number of hydrogen-bond donors (Lipinski definition) is 2. The van der Waals surface area contributed by atoms with Gasteiger partial charge < -0.3 is 5.73 Å². The molecule has 0 radical (unpaired) electrons. The summed E-state index contributed by atoms with van der Waals surface area (Å²) in [6.45, 7) is 7.46. The average Bonchev–Trinajstić information content (AvgIpc) is 3.25. The molecule has 3 N–H and O–H groups in total. The molecule has 8 nitrogen and oxygen atoms in total. The fourth-order valence-corrected chi connectivity index (χ4v) is 4.64. The van der Waals surface area contributed by atoms with E-state index in [9.17, 15) is 13.2 Å². The number of anilines is 1. The third kappa shape index (κ3) is 4.78. The average molecular weight is 486 g/mol. The second kappa shape index (κ2) is 9.08. The Labute approximate surface area is 203 Å². The molecule has 1 amide bonds. The molecule has 0 bridgehead atoms. The topological polar surface area (TPSA) is 120 Å². The highest BCUT2D eigenvalue weighted by Gasteiger charge is 2.23. The number of carbonyl (C=O) groups excluding carboxylic acids is 1. The van der Waals surface area contributed by atoms with Crippen LogP contribution in [0.5, 0.6) is 0 Å². The number of benzene rings is 2. The number of fused-ring (bicyclic) bond motifs is 1. The van der Waals surface area contributed by atoms with Crippen LogP contribution in [0.1, 0.15) is 29.9 Å². The first kappa shape index (κ1) is 23.7. The maximum Gasteiger partial charge on any atom is 0.269 e. The molecule has 4 aromatic rings. The molecule has 0 spiro atoms. The highest BCUT2D eigenvalue weighted by Crippen LogP contribution is 2.28. The van der Waals surface area contributed by atoms with E-state index in [4.69, 9.17) is 5.73 Å². The summed E-state index contributed by atoms with van der Waals surface area (Å²) in [6.07, 6.45) is 3.47. The molecule has 0 aliphatic heterocycles. The molecule has 0 aliphatic rings. The van der Waals surface area contributed by atoms with E-state index in [0.29, 0.717) is 11.2 Å². The molecule has 9 heteroatoms. The van der Waals surface area contributed by atoms with Crippen LogP contribution in [0.3, 0.4) is 0 Å². The van der Waals surface area contributed by atoms with Crippen molar-refractivity contribution >= 4 is 32.7 Å². The number of aromatic nitrogens is 3. The summed E-state index contributed by atoms with van der Waals surface area (Å²) in [7, 11) is -4.02. The van der Waals surface area contributed by atoms with E-state index in [2.05, 4.69) is 32.8 Å². The molecule has 0 aliphatic carbocycles. The van der Waals surface area contributed by atoms with Crippen LogP contribution in [0.15, 0.2) is 95.9 Å². The Morgan fingerprint density at radius 3 is 2.57 bits per heavy atom. The minimum absolute atomic E-state index is 0.0493. The minimum atomic E-state index is -4.02. The highest BCUT2D eigenvalue weighted by atomic mass is 32.2. The number of allylic oxidation sites excluding steroid dienone is 1. The first-order valence-corrected chi connectivity index (χ1v) is 12.1. The van der Waals surface area contributed by atoms with E-state index in [1.54, 1.807) is 36.5 Å². The summed E-state index contributed by atoms with van der Waals surface area (Å²) in [4.78, 5) is 16.2. The predicted octanol–water partition coefficient (Wildman–Crippen LogP) is 4.09. The minimum Gasteiger partial charge on any atom is -0.364 e. The number of nitrogens with two attached hydrogens (primary N) is 1. The number of amides is 1. The van der Waals surface area contributed by atoms with E-state index in [1.807, 2.05) is 32.1 Å². The van der Waals surface area contributed by atoms with Gasteiger partial charge in [0.15, 0.2) is 5.69 Å². The molecular weight excluding hydrogens is 462 g/mol. The summed E-state index contributed by atoms with van der Waals surface area (Å²) < 4.78 is 30.4. The number of pyridine rings is 1. The van der Waals surface area contributed by atoms with Crippen molar-refractivity contribution in [2.75, 3.05) is 4.72 Å². The van der Waals surface area contributed by atoms with Gasteiger partial charge in [-0.15, -0.1) is 0 Å². The number of nitrogens with zero attached hydrogens (tertiary/aromatic N) is 3. The van der Waals surface area contributed by atoms with Crippen molar-refractivity contribution in [3.8, 4) is 5.69 Å². The van der Waals surface area contributed by atoms with Gasteiger partial charge in [-0.25, -0.2) is 13.1 Å². The summed E-state index contributed by atoms with van der Waals surface area (Å²) in [5.74, 6) is -0.714. The maximum atomic E-state index is 13.2. The van der Waals surface area contributed by atoms with Gasteiger partial charge in [-0.05, 0) is 54.6 Å². The number of hydrogen-bond acceptors (Lipinski definition) is 5. The van der Waals surface area contributed by atoms with Gasteiger partial charge in [0.25, 0.3) is 15.9 Å². The van der Waals surface area contributed by atoms with Gasteiger partial charge >= 0.3 is 0 Å². The van der Waals surface area contributed by atoms with Gasteiger partial charge in [0.2, 0.25) is 0 Å². The van der Waals surface area contributed by atoms with Crippen molar-refractivity contribution in [2.45, 2.75) is 24.2 Å². The van der Waals surface area contributed by atoms with Crippen LogP contribution >= 0.6 is 0 Å². The number of sulfonamides is 1. The maximum absolute atomic E-state index is 13.2. The smallest absolute Gasteiger partial charge is 0.269 e. The fourth-order valence-electron chi connectivity index (χ4n) is 3.60. The van der Waals surface area contributed by atoms with Crippen LogP contribution in [0, 0.1) is 0 Å². The molecule has 0 saturated heterocycles. The Bertz CT molecular complexity index is 1620. The first-order valence-electron chi connectivity index (χ1n) is 10.6. The lowest BCUT2D eigenvalue weighted by Gasteiger charge is -2.20. The van der Waals surface area contributed by atoms with Gasteiger partial charge in [0.05, 0.1) is 16.1 Å². The van der Waals surface area contributed by atoms with Crippen molar-refractivity contribution < 1.29 is 13.2 Å². The molecular formula is C26H23N5O3S. The van der Waals surface area contributed by atoms with E-state index >= 15 is 0 Å². The van der Waals surface area contributed by atoms with Gasteiger partial charge in [0.1, 0.15) is 5.82 Å². The number of nitrogens with one attached hydrogen (secondary N) is 1. The molecule has 0 fully saturated rings. The van der Waals surface area contributed by atoms with Crippen molar-refractivity contribution in [3.63, 3.8) is 0 Å². The second-order valence-corrected chi connectivity index (χ2v) is 10.0. The van der Waals surface area contributed by atoms with Crippen molar-refractivity contribution in [2.24, 2.45) is 5.73 Å². The first-order chi connectivity index (χ1) is 16.6. The summed E-state index contributed by atoms with van der Waals surface area (Å²) >= 11 is 0. The zero-order valence-corrected chi connectivity index (χ0v) is 20.0. The zero-order valence-electron chi connectivity index (χ0n) is 19.2. The second-order valence-electron chi connectivity index (χ2n) is 8.36. The quantitative estimate of drug-likeness (QED) is 0.382. The van der Waals surface area contributed by atoms with Gasteiger partial charge in [-0.2, -0.15) is 5.10 Å². The van der Waals surface area contributed by atoms with Crippen LogP contribution in [0.25, 0.3) is 16.6 Å². The molecule has 4 rings (SSSR count). The molecule has 0 atom stereocenters. The Morgan fingerprint density at radius 2 is 1.89 bits per heavy atom.